The summed E-state index contributed by atoms with van der Waals surface area (Å²) in [6.45, 7) is 0.359. The topological polar surface area (TPSA) is 88.1 Å². The Labute approximate surface area is 118 Å². The van der Waals surface area contributed by atoms with E-state index in [1.807, 2.05) is 6.07 Å². The molecular weight excluding hydrogens is 254 g/mol. The molecule has 0 heterocycles. The quantitative estimate of drug-likeness (QED) is 0.878. The van der Waals surface area contributed by atoms with Gasteiger partial charge < -0.3 is 15.8 Å². The number of carbonyl (C=O) groups excluding carboxylic acids is 1. The van der Waals surface area contributed by atoms with Crippen LogP contribution in [0.5, 0.6) is 5.75 Å². The predicted octanol–water partition coefficient (Wildman–Crippen LogP) is 2.02. The summed E-state index contributed by atoms with van der Waals surface area (Å²) in [5.74, 6) is 0.433. The van der Waals surface area contributed by atoms with Gasteiger partial charge in [0.1, 0.15) is 5.75 Å². The SMILES string of the molecule is COc1cc(C#N)ccc1NC(=O)C1(CN)CCCC1. The summed E-state index contributed by atoms with van der Waals surface area (Å²) in [7, 11) is 1.51. The van der Waals surface area contributed by atoms with Gasteiger partial charge in [-0.1, -0.05) is 12.8 Å². The van der Waals surface area contributed by atoms with Gasteiger partial charge in [0.25, 0.3) is 0 Å². The molecule has 3 N–H and O–H groups in total. The third-order valence-corrected chi connectivity index (χ3v) is 4.01. The molecule has 1 saturated carbocycles. The molecule has 1 aliphatic rings. The van der Waals surface area contributed by atoms with Crippen LogP contribution in [0.1, 0.15) is 31.2 Å². The maximum absolute atomic E-state index is 12.5. The zero-order valence-electron chi connectivity index (χ0n) is 11.6. The van der Waals surface area contributed by atoms with E-state index < -0.39 is 5.41 Å². The Balaban J connectivity index is 2.21. The molecule has 2 rings (SSSR count). The minimum Gasteiger partial charge on any atom is -0.495 e. The Bertz CT molecular complexity index is 543. The Morgan fingerprint density at radius 1 is 1.50 bits per heavy atom. The van der Waals surface area contributed by atoms with Crippen LogP contribution in [0.15, 0.2) is 18.2 Å². The zero-order valence-corrected chi connectivity index (χ0v) is 11.6. The lowest BCUT2D eigenvalue weighted by Crippen LogP contribution is -2.40. The Morgan fingerprint density at radius 3 is 2.75 bits per heavy atom. The highest BCUT2D eigenvalue weighted by molar-refractivity contribution is 5.97. The molecule has 0 spiro atoms. The fourth-order valence-corrected chi connectivity index (χ4v) is 2.69. The summed E-state index contributed by atoms with van der Waals surface area (Å²) in [4.78, 5) is 12.5. The molecule has 0 bridgehead atoms. The van der Waals surface area contributed by atoms with E-state index in [0.29, 0.717) is 23.5 Å². The van der Waals surface area contributed by atoms with Crippen molar-refractivity contribution in [2.24, 2.45) is 11.1 Å². The summed E-state index contributed by atoms with van der Waals surface area (Å²) in [5.41, 5.74) is 6.42. The standard InChI is InChI=1S/C15H19N3O2/c1-20-13-8-11(9-16)4-5-12(13)18-14(19)15(10-17)6-2-3-7-15/h4-5,8H,2-3,6-7,10,17H2,1H3,(H,18,19). The zero-order chi connectivity index (χ0) is 14.6. The summed E-state index contributed by atoms with van der Waals surface area (Å²) in [6.07, 6.45) is 3.73. The van der Waals surface area contributed by atoms with Gasteiger partial charge in [-0.05, 0) is 25.0 Å². The molecule has 1 aliphatic carbocycles. The van der Waals surface area contributed by atoms with E-state index >= 15 is 0 Å². The normalized spacial score (nSPS) is 16.4. The molecule has 0 aromatic heterocycles. The van der Waals surface area contributed by atoms with Crippen LogP contribution in [0.4, 0.5) is 5.69 Å². The molecule has 20 heavy (non-hydrogen) atoms. The van der Waals surface area contributed by atoms with Gasteiger partial charge in [0.2, 0.25) is 5.91 Å². The fraction of sp³-hybridized carbons (Fsp3) is 0.467. The number of methoxy groups -OCH3 is 1. The monoisotopic (exact) mass is 273 g/mol. The van der Waals surface area contributed by atoms with Gasteiger partial charge in [-0.25, -0.2) is 0 Å². The first-order chi connectivity index (χ1) is 9.65. The number of carbonyl (C=O) groups is 1. The third kappa shape index (κ3) is 2.61. The van der Waals surface area contributed by atoms with Crippen molar-refractivity contribution in [3.05, 3.63) is 23.8 Å². The number of ether oxygens (including phenoxy) is 1. The molecule has 5 nitrogen and oxygen atoms in total. The van der Waals surface area contributed by atoms with Crippen LogP contribution in [0.2, 0.25) is 0 Å². The van der Waals surface area contributed by atoms with Crippen molar-refractivity contribution >= 4 is 11.6 Å². The molecule has 1 amide bonds. The molecule has 1 aromatic carbocycles. The molecule has 0 saturated heterocycles. The Kier molecular flexibility index (Phi) is 4.26. The molecule has 1 fully saturated rings. The first kappa shape index (κ1) is 14.4. The van der Waals surface area contributed by atoms with E-state index in [1.165, 1.54) is 7.11 Å². The van der Waals surface area contributed by atoms with Gasteiger partial charge in [-0.3, -0.25) is 4.79 Å². The van der Waals surface area contributed by atoms with Crippen LogP contribution >= 0.6 is 0 Å². The fourth-order valence-electron chi connectivity index (χ4n) is 2.69. The van der Waals surface area contributed by atoms with Crippen molar-refractivity contribution in [3.8, 4) is 11.8 Å². The van der Waals surface area contributed by atoms with Crippen molar-refractivity contribution in [2.75, 3.05) is 19.0 Å². The van der Waals surface area contributed by atoms with Crippen LogP contribution in [-0.2, 0) is 4.79 Å². The van der Waals surface area contributed by atoms with Crippen LogP contribution in [-0.4, -0.2) is 19.6 Å². The largest absolute Gasteiger partial charge is 0.495 e. The number of hydrogen-bond acceptors (Lipinski definition) is 4. The van der Waals surface area contributed by atoms with Crippen LogP contribution in [0.3, 0.4) is 0 Å². The van der Waals surface area contributed by atoms with Gasteiger partial charge in [0, 0.05) is 12.6 Å². The van der Waals surface area contributed by atoms with Crippen LogP contribution < -0.4 is 15.8 Å². The molecule has 5 heteroatoms. The average molecular weight is 273 g/mol. The highest BCUT2D eigenvalue weighted by Crippen LogP contribution is 2.39. The molecule has 0 radical (unpaired) electrons. The van der Waals surface area contributed by atoms with Gasteiger partial charge >= 0.3 is 0 Å². The number of nitrogens with two attached hydrogens (primary N) is 1. The summed E-state index contributed by atoms with van der Waals surface area (Å²) >= 11 is 0. The van der Waals surface area contributed by atoms with Crippen molar-refractivity contribution in [1.82, 2.24) is 0 Å². The van der Waals surface area contributed by atoms with Gasteiger partial charge in [0.15, 0.2) is 0 Å². The highest BCUT2D eigenvalue weighted by Gasteiger charge is 2.40. The Hall–Kier alpha value is -2.06. The minimum absolute atomic E-state index is 0.0551. The predicted molar refractivity (Wildman–Crippen MR) is 76.3 cm³/mol. The van der Waals surface area contributed by atoms with Crippen LogP contribution in [0.25, 0.3) is 0 Å². The molecule has 0 aliphatic heterocycles. The third-order valence-electron chi connectivity index (χ3n) is 4.01. The second-order valence-corrected chi connectivity index (χ2v) is 5.17. The summed E-state index contributed by atoms with van der Waals surface area (Å²) in [5, 5.41) is 11.8. The second kappa shape index (κ2) is 5.93. The lowest BCUT2D eigenvalue weighted by atomic mass is 9.85. The lowest BCUT2D eigenvalue weighted by Gasteiger charge is -2.26. The molecule has 106 valence electrons. The van der Waals surface area contributed by atoms with Crippen molar-refractivity contribution in [3.63, 3.8) is 0 Å². The van der Waals surface area contributed by atoms with E-state index in [0.717, 1.165) is 25.7 Å². The number of anilines is 1. The van der Waals surface area contributed by atoms with Crippen LogP contribution in [0, 0.1) is 16.7 Å². The van der Waals surface area contributed by atoms with E-state index in [4.69, 9.17) is 15.7 Å². The second-order valence-electron chi connectivity index (χ2n) is 5.17. The smallest absolute Gasteiger partial charge is 0.231 e. The van der Waals surface area contributed by atoms with E-state index in [1.54, 1.807) is 18.2 Å². The molecular formula is C15H19N3O2. The Morgan fingerprint density at radius 2 is 2.20 bits per heavy atom. The number of nitrogens with zero attached hydrogens (tertiary/aromatic N) is 1. The van der Waals surface area contributed by atoms with Gasteiger partial charge in [-0.15, -0.1) is 0 Å². The van der Waals surface area contributed by atoms with E-state index in [2.05, 4.69) is 5.32 Å². The average Bonchev–Trinajstić information content (AvgIpc) is 2.97. The highest BCUT2D eigenvalue weighted by atomic mass is 16.5. The molecule has 0 atom stereocenters. The number of nitrogens with one attached hydrogen (secondary N) is 1. The van der Waals surface area contributed by atoms with E-state index in [9.17, 15) is 4.79 Å². The number of hydrogen-bond donors (Lipinski definition) is 2. The lowest BCUT2D eigenvalue weighted by molar-refractivity contribution is -0.124. The first-order valence-corrected chi connectivity index (χ1v) is 6.75. The van der Waals surface area contributed by atoms with E-state index in [-0.39, 0.29) is 5.91 Å². The van der Waals surface area contributed by atoms with Crippen molar-refractivity contribution in [2.45, 2.75) is 25.7 Å². The summed E-state index contributed by atoms with van der Waals surface area (Å²) in [6, 6.07) is 7.00. The maximum atomic E-state index is 12.5. The molecule has 1 aromatic rings. The van der Waals surface area contributed by atoms with Crippen molar-refractivity contribution in [1.29, 1.82) is 5.26 Å². The number of benzene rings is 1. The maximum Gasteiger partial charge on any atom is 0.231 e. The summed E-state index contributed by atoms with van der Waals surface area (Å²) < 4.78 is 5.22. The first-order valence-electron chi connectivity index (χ1n) is 6.75. The van der Waals surface area contributed by atoms with Crippen molar-refractivity contribution < 1.29 is 9.53 Å². The minimum atomic E-state index is -0.459. The van der Waals surface area contributed by atoms with Gasteiger partial charge in [0.05, 0.1) is 29.8 Å². The van der Waals surface area contributed by atoms with Gasteiger partial charge in [-0.2, -0.15) is 5.26 Å². The number of amides is 1. The number of rotatable bonds is 4. The number of nitriles is 1. The molecule has 0 unspecified atom stereocenters.